The summed E-state index contributed by atoms with van der Waals surface area (Å²) in [6.07, 6.45) is 8.25. The fourth-order valence-electron chi connectivity index (χ4n) is 2.89. The van der Waals surface area contributed by atoms with E-state index in [2.05, 4.69) is 5.32 Å². The molecule has 2 aliphatic rings. The van der Waals surface area contributed by atoms with Crippen molar-refractivity contribution in [2.24, 2.45) is 5.92 Å². The number of nitrogens with one attached hydrogen (secondary N) is 1. The van der Waals surface area contributed by atoms with Gasteiger partial charge in [-0.2, -0.15) is 0 Å². The van der Waals surface area contributed by atoms with Gasteiger partial charge in [0.2, 0.25) is 0 Å². The van der Waals surface area contributed by atoms with E-state index in [1.54, 1.807) is 0 Å². The average Bonchev–Trinajstić information content (AvgIpc) is 2.77. The number of ether oxygens (including phenoxy) is 1. The van der Waals surface area contributed by atoms with Crippen molar-refractivity contribution >= 4 is 0 Å². The van der Waals surface area contributed by atoms with Crippen LogP contribution in [0.25, 0.3) is 0 Å². The van der Waals surface area contributed by atoms with Crippen LogP contribution in [-0.2, 0) is 4.74 Å². The number of rotatable bonds is 3. The summed E-state index contributed by atoms with van der Waals surface area (Å²) in [6.45, 7) is 2.21. The Balaban J connectivity index is 1.88. The standard InChI is InChI=1S/C11H21NO/c1-13-11(6-7-12-9-11)8-10-4-2-3-5-10/h10,12H,2-9H2,1H3. The second-order valence-corrected chi connectivity index (χ2v) is 4.67. The van der Waals surface area contributed by atoms with Crippen LogP contribution in [0.15, 0.2) is 0 Å². The number of methoxy groups -OCH3 is 1. The lowest BCUT2D eigenvalue weighted by Crippen LogP contribution is -2.35. The summed E-state index contributed by atoms with van der Waals surface area (Å²) >= 11 is 0. The molecular formula is C11H21NO. The van der Waals surface area contributed by atoms with Gasteiger partial charge in [-0.3, -0.25) is 0 Å². The lowest BCUT2D eigenvalue weighted by molar-refractivity contribution is -0.0121. The van der Waals surface area contributed by atoms with E-state index in [1.165, 1.54) is 38.5 Å². The summed E-state index contributed by atoms with van der Waals surface area (Å²) in [6, 6.07) is 0. The highest BCUT2D eigenvalue weighted by molar-refractivity contribution is 4.92. The van der Waals surface area contributed by atoms with E-state index in [1.807, 2.05) is 7.11 Å². The summed E-state index contributed by atoms with van der Waals surface area (Å²) in [7, 11) is 1.88. The van der Waals surface area contributed by atoms with Crippen LogP contribution >= 0.6 is 0 Å². The molecule has 1 aliphatic carbocycles. The van der Waals surface area contributed by atoms with Gasteiger partial charge in [-0.05, 0) is 25.3 Å². The highest BCUT2D eigenvalue weighted by atomic mass is 16.5. The molecule has 0 radical (unpaired) electrons. The molecule has 1 unspecified atom stereocenters. The van der Waals surface area contributed by atoms with Crippen LogP contribution < -0.4 is 5.32 Å². The summed E-state index contributed by atoms with van der Waals surface area (Å²) in [4.78, 5) is 0. The average molecular weight is 183 g/mol. The summed E-state index contributed by atoms with van der Waals surface area (Å²) in [5.41, 5.74) is 0.189. The lowest BCUT2D eigenvalue weighted by Gasteiger charge is -2.29. The minimum atomic E-state index is 0.189. The third kappa shape index (κ3) is 2.05. The Hall–Kier alpha value is -0.0800. The highest BCUT2D eigenvalue weighted by Gasteiger charge is 2.36. The minimum Gasteiger partial charge on any atom is -0.377 e. The highest BCUT2D eigenvalue weighted by Crippen LogP contribution is 2.35. The first-order chi connectivity index (χ1) is 6.35. The molecule has 0 aromatic heterocycles. The van der Waals surface area contributed by atoms with Gasteiger partial charge >= 0.3 is 0 Å². The normalized spacial score (nSPS) is 35.8. The van der Waals surface area contributed by atoms with Gasteiger partial charge in [-0.15, -0.1) is 0 Å². The molecule has 2 heteroatoms. The van der Waals surface area contributed by atoms with E-state index in [9.17, 15) is 0 Å². The Bertz CT molecular complexity index is 157. The molecule has 0 aromatic rings. The molecule has 0 aromatic carbocycles. The van der Waals surface area contributed by atoms with E-state index in [4.69, 9.17) is 4.74 Å². The van der Waals surface area contributed by atoms with Gasteiger partial charge in [0.05, 0.1) is 5.60 Å². The molecular weight excluding hydrogens is 162 g/mol. The maximum absolute atomic E-state index is 5.70. The first-order valence-corrected chi connectivity index (χ1v) is 5.60. The number of hydrogen-bond donors (Lipinski definition) is 1. The Kier molecular flexibility index (Phi) is 2.89. The van der Waals surface area contributed by atoms with Crippen LogP contribution in [0.4, 0.5) is 0 Å². The zero-order valence-electron chi connectivity index (χ0n) is 8.64. The van der Waals surface area contributed by atoms with E-state index in [0.29, 0.717) is 0 Å². The van der Waals surface area contributed by atoms with Crippen molar-refractivity contribution in [1.82, 2.24) is 5.32 Å². The van der Waals surface area contributed by atoms with Crippen molar-refractivity contribution in [3.05, 3.63) is 0 Å². The van der Waals surface area contributed by atoms with E-state index in [-0.39, 0.29) is 5.60 Å². The maximum atomic E-state index is 5.70. The SMILES string of the molecule is COC1(CC2CCCC2)CCNC1. The van der Waals surface area contributed by atoms with Crippen molar-refractivity contribution in [3.8, 4) is 0 Å². The second-order valence-electron chi connectivity index (χ2n) is 4.67. The van der Waals surface area contributed by atoms with Crippen molar-refractivity contribution < 1.29 is 4.74 Å². The minimum absolute atomic E-state index is 0.189. The molecule has 0 spiro atoms. The predicted octanol–water partition coefficient (Wildman–Crippen LogP) is 1.95. The molecule has 13 heavy (non-hydrogen) atoms. The second kappa shape index (κ2) is 3.97. The number of hydrogen-bond acceptors (Lipinski definition) is 2. The van der Waals surface area contributed by atoms with Crippen LogP contribution in [0.2, 0.25) is 0 Å². The summed E-state index contributed by atoms with van der Waals surface area (Å²) in [5.74, 6) is 0.944. The summed E-state index contributed by atoms with van der Waals surface area (Å²) in [5, 5.41) is 3.41. The Labute approximate surface area is 81.0 Å². The van der Waals surface area contributed by atoms with Crippen molar-refractivity contribution in [2.45, 2.75) is 44.1 Å². The first-order valence-electron chi connectivity index (χ1n) is 5.60. The summed E-state index contributed by atoms with van der Waals surface area (Å²) < 4.78 is 5.70. The Morgan fingerprint density at radius 2 is 2.15 bits per heavy atom. The van der Waals surface area contributed by atoms with Crippen molar-refractivity contribution in [2.75, 3.05) is 20.2 Å². The third-order valence-electron chi connectivity index (χ3n) is 3.77. The first kappa shape index (κ1) is 9.47. The van der Waals surface area contributed by atoms with Crippen LogP contribution in [0.1, 0.15) is 38.5 Å². The Morgan fingerprint density at radius 3 is 2.69 bits per heavy atom. The molecule has 1 atom stereocenters. The molecule has 1 saturated heterocycles. The fourth-order valence-corrected chi connectivity index (χ4v) is 2.89. The molecule has 2 nitrogen and oxygen atoms in total. The zero-order chi connectivity index (χ0) is 9.15. The fraction of sp³-hybridized carbons (Fsp3) is 1.00. The molecule has 2 rings (SSSR count). The van der Waals surface area contributed by atoms with Gasteiger partial charge < -0.3 is 10.1 Å². The monoisotopic (exact) mass is 183 g/mol. The van der Waals surface area contributed by atoms with Crippen LogP contribution in [0.3, 0.4) is 0 Å². The van der Waals surface area contributed by atoms with Gasteiger partial charge in [-0.25, -0.2) is 0 Å². The molecule has 0 amide bonds. The van der Waals surface area contributed by atoms with Gasteiger partial charge in [0, 0.05) is 13.7 Å². The van der Waals surface area contributed by atoms with Crippen LogP contribution in [0.5, 0.6) is 0 Å². The maximum Gasteiger partial charge on any atom is 0.0817 e. The largest absolute Gasteiger partial charge is 0.377 e. The third-order valence-corrected chi connectivity index (χ3v) is 3.77. The molecule has 0 bridgehead atoms. The molecule has 1 N–H and O–H groups in total. The van der Waals surface area contributed by atoms with Crippen molar-refractivity contribution in [3.63, 3.8) is 0 Å². The van der Waals surface area contributed by atoms with Gasteiger partial charge in [-0.1, -0.05) is 25.7 Å². The molecule has 2 fully saturated rings. The van der Waals surface area contributed by atoms with E-state index in [0.717, 1.165) is 19.0 Å². The van der Waals surface area contributed by atoms with Gasteiger partial charge in [0.25, 0.3) is 0 Å². The van der Waals surface area contributed by atoms with E-state index < -0.39 is 0 Å². The smallest absolute Gasteiger partial charge is 0.0817 e. The molecule has 1 aliphatic heterocycles. The van der Waals surface area contributed by atoms with Gasteiger partial charge in [0.1, 0.15) is 0 Å². The quantitative estimate of drug-likeness (QED) is 0.722. The zero-order valence-corrected chi connectivity index (χ0v) is 8.64. The predicted molar refractivity (Wildman–Crippen MR) is 53.8 cm³/mol. The van der Waals surface area contributed by atoms with Crippen LogP contribution in [-0.4, -0.2) is 25.8 Å². The Morgan fingerprint density at radius 1 is 1.38 bits per heavy atom. The van der Waals surface area contributed by atoms with Crippen LogP contribution in [0, 0.1) is 5.92 Å². The van der Waals surface area contributed by atoms with Crippen molar-refractivity contribution in [1.29, 1.82) is 0 Å². The van der Waals surface area contributed by atoms with Gasteiger partial charge in [0.15, 0.2) is 0 Å². The lowest BCUT2D eigenvalue weighted by atomic mass is 9.88. The molecule has 76 valence electrons. The molecule has 1 heterocycles. The van der Waals surface area contributed by atoms with E-state index >= 15 is 0 Å². The topological polar surface area (TPSA) is 21.3 Å². The molecule has 1 saturated carbocycles.